The smallest absolute Gasteiger partial charge is 0.408 e. The molecule has 1 saturated heterocycles. The van der Waals surface area contributed by atoms with E-state index in [-0.39, 0.29) is 29.9 Å². The Hall–Kier alpha value is -5.42. The van der Waals surface area contributed by atoms with Crippen LogP contribution in [-0.2, 0) is 42.9 Å². The highest BCUT2D eigenvalue weighted by atomic mass is 16.6. The zero-order chi connectivity index (χ0) is 46.0. The van der Waals surface area contributed by atoms with Crippen LogP contribution in [0.25, 0.3) is 10.9 Å². The number of hydrogen-bond donors (Lipinski definition) is 4. The molecule has 2 aromatic carbocycles. The first-order valence-corrected chi connectivity index (χ1v) is 21.0. The Balaban J connectivity index is 1.41. The molecule has 11 atom stereocenters. The number of pyridine rings is 1. The number of nitrogens with one attached hydrogen (secondary N) is 1. The summed E-state index contributed by atoms with van der Waals surface area (Å²) in [6, 6.07) is 15.6. The zero-order valence-corrected chi connectivity index (χ0v) is 36.9. The minimum absolute atomic E-state index is 0.0735. The summed E-state index contributed by atoms with van der Waals surface area (Å²) >= 11 is 0. The maximum Gasteiger partial charge on any atom is 0.408 e. The van der Waals surface area contributed by atoms with Crippen LogP contribution in [0.5, 0.6) is 5.75 Å². The summed E-state index contributed by atoms with van der Waals surface area (Å²) < 4.78 is 36.6. The van der Waals surface area contributed by atoms with Gasteiger partial charge < -0.3 is 49.1 Å². The fourth-order valence-electron chi connectivity index (χ4n) is 10.3. The van der Waals surface area contributed by atoms with Gasteiger partial charge in [-0.3, -0.25) is 19.4 Å². The number of carbonyl (C=O) groups excluding carboxylic acids is 5. The topological polar surface area (TPSA) is 226 Å². The van der Waals surface area contributed by atoms with E-state index in [1.807, 2.05) is 6.07 Å². The third-order valence-corrected chi connectivity index (χ3v) is 13.4. The number of hydrogen-bond acceptors (Lipinski definition) is 15. The molecule has 0 spiro atoms. The zero-order valence-electron chi connectivity index (χ0n) is 36.9. The molecule has 4 aliphatic rings. The third kappa shape index (κ3) is 7.84. The molecule has 2 saturated carbocycles. The second-order valence-electron chi connectivity index (χ2n) is 18.9. The van der Waals surface area contributed by atoms with Gasteiger partial charge >= 0.3 is 24.0 Å². The highest BCUT2D eigenvalue weighted by molar-refractivity contribution is 5.95. The highest BCUT2D eigenvalue weighted by Gasteiger charge is 2.78. The van der Waals surface area contributed by atoms with Crippen molar-refractivity contribution in [3.05, 3.63) is 83.6 Å². The van der Waals surface area contributed by atoms with Crippen LogP contribution >= 0.6 is 0 Å². The molecule has 1 amide bonds. The standard InChI is InChI=1S/C47H56N2O14/c1-24-31(61-41(55)36(53)35(28-14-11-10-12-15-28)49-42(56)63-43(4,5)6)22-47(57)40(60-29-18-17-27-16-13-19-48-30(27)20-29)38-45(9,32(52)21-33-46(38,23-58-33)62-26(3)51)39(54)37(59-25(2)50)34(24)44(47,7)8/h10-20,31-33,35-38,40,52-53,57H,21-23H2,1-9H3,(H,49,56)/t31-,32-,33+,35-,36+,37+,38-,40-,45+,46-,47+/m0/s1. The van der Waals surface area contributed by atoms with Crippen LogP contribution in [0.2, 0.25) is 0 Å². The first-order valence-electron chi connectivity index (χ1n) is 21.0. The molecule has 3 aliphatic carbocycles. The van der Waals surface area contributed by atoms with Crippen LogP contribution in [0.4, 0.5) is 4.79 Å². The van der Waals surface area contributed by atoms with E-state index >= 15 is 4.79 Å². The van der Waals surface area contributed by atoms with E-state index in [4.69, 9.17) is 28.4 Å². The van der Waals surface area contributed by atoms with E-state index < -0.39 is 112 Å². The van der Waals surface area contributed by atoms with Gasteiger partial charge in [-0.05, 0) is 69.5 Å². The molecule has 0 radical (unpaired) electrons. The van der Waals surface area contributed by atoms with Crippen LogP contribution in [-0.4, -0.2) is 110 Å². The molecule has 2 heterocycles. The van der Waals surface area contributed by atoms with Gasteiger partial charge in [0, 0.05) is 49.8 Å². The number of ether oxygens (including phenoxy) is 6. The third-order valence-electron chi connectivity index (χ3n) is 13.4. The second-order valence-corrected chi connectivity index (χ2v) is 18.9. The van der Waals surface area contributed by atoms with Gasteiger partial charge in [0.15, 0.2) is 23.6 Å². The number of benzene rings is 2. The maximum absolute atomic E-state index is 15.6. The van der Waals surface area contributed by atoms with Crippen molar-refractivity contribution in [1.82, 2.24) is 10.3 Å². The van der Waals surface area contributed by atoms with Crippen molar-refractivity contribution in [2.75, 3.05) is 6.61 Å². The molecule has 3 aromatic rings. The number of fused-ring (bicyclic) bond motifs is 6. The molecule has 4 N–H and O–H groups in total. The van der Waals surface area contributed by atoms with Crippen molar-refractivity contribution < 1.29 is 67.7 Å². The van der Waals surface area contributed by atoms with Gasteiger partial charge in [0.05, 0.1) is 35.6 Å². The average Bonchev–Trinajstić information content (AvgIpc) is 3.20. The number of nitrogens with zero attached hydrogens (tertiary/aromatic N) is 1. The molecule has 3 fully saturated rings. The fraction of sp³-hybridized carbons (Fsp3) is 0.532. The van der Waals surface area contributed by atoms with Crippen molar-refractivity contribution in [3.8, 4) is 5.75 Å². The number of rotatable bonds is 9. The quantitative estimate of drug-likeness (QED) is 0.131. The Kier molecular flexibility index (Phi) is 11.8. The van der Waals surface area contributed by atoms with Gasteiger partial charge in [0.1, 0.15) is 35.3 Å². The van der Waals surface area contributed by atoms with Gasteiger partial charge in [-0.2, -0.15) is 0 Å². The molecule has 16 nitrogen and oxygen atoms in total. The van der Waals surface area contributed by atoms with E-state index in [0.29, 0.717) is 11.1 Å². The molecular weight excluding hydrogens is 817 g/mol. The summed E-state index contributed by atoms with van der Waals surface area (Å²) in [5.74, 6) is -4.76. The predicted molar refractivity (Wildman–Crippen MR) is 224 cm³/mol. The number of Topliss-reactive ketones (excluding diaryl/α,β-unsaturated/α-hetero) is 1. The molecule has 63 heavy (non-hydrogen) atoms. The van der Waals surface area contributed by atoms with Crippen molar-refractivity contribution >= 4 is 40.7 Å². The molecule has 2 bridgehead atoms. The predicted octanol–water partition coefficient (Wildman–Crippen LogP) is 4.60. The first-order chi connectivity index (χ1) is 29.4. The SMILES string of the molecule is CC(=O)O[C@H]1C(=O)[C@@]2(C)[C@H]([C@H](Oc3ccc4cccnc4c3)[C@]3(O)C[C@H](OC(=O)[C@H](O)[C@@H](NC(=O)OC(C)(C)C)c4ccccc4)C(C)=C1C3(C)C)[C@]1(OC(C)=O)CO[C@@H]1C[C@@H]2O. The second kappa shape index (κ2) is 16.3. The molecule has 338 valence electrons. The Labute approximate surface area is 365 Å². The lowest BCUT2D eigenvalue weighted by atomic mass is 9.44. The Morgan fingerprint density at radius 1 is 0.968 bits per heavy atom. The van der Waals surface area contributed by atoms with Crippen molar-refractivity contribution in [1.29, 1.82) is 0 Å². The summed E-state index contributed by atoms with van der Waals surface area (Å²) in [6.07, 6.45) is -9.13. The van der Waals surface area contributed by atoms with Gasteiger partial charge in [-0.25, -0.2) is 9.59 Å². The molecule has 1 aliphatic heterocycles. The largest absolute Gasteiger partial charge is 0.487 e. The fourth-order valence-corrected chi connectivity index (χ4v) is 10.3. The van der Waals surface area contributed by atoms with Crippen LogP contribution in [0.15, 0.2) is 78.0 Å². The number of aliphatic hydroxyl groups is 3. The lowest BCUT2D eigenvalue weighted by Crippen LogP contribution is -2.82. The van der Waals surface area contributed by atoms with Crippen LogP contribution in [0.3, 0.4) is 0 Å². The Morgan fingerprint density at radius 3 is 2.29 bits per heavy atom. The molecule has 16 heteroatoms. The van der Waals surface area contributed by atoms with Gasteiger partial charge in [0.2, 0.25) is 0 Å². The molecular formula is C47H56N2O14. The van der Waals surface area contributed by atoms with E-state index in [9.17, 15) is 34.5 Å². The van der Waals surface area contributed by atoms with E-state index in [0.717, 1.165) is 12.3 Å². The number of alkyl carbamates (subject to hydrolysis) is 1. The normalized spacial score (nSPS) is 32.0. The van der Waals surface area contributed by atoms with Crippen LogP contribution in [0.1, 0.15) is 86.8 Å². The lowest BCUT2D eigenvalue weighted by molar-refractivity contribution is -0.343. The number of aliphatic hydroxyl groups excluding tert-OH is 2. The van der Waals surface area contributed by atoms with Crippen LogP contribution < -0.4 is 10.1 Å². The minimum Gasteiger partial charge on any atom is -0.487 e. The number of amides is 1. The number of aromatic nitrogens is 1. The maximum atomic E-state index is 15.6. The first kappa shape index (κ1) is 45.6. The number of esters is 3. The van der Waals surface area contributed by atoms with E-state index in [1.54, 1.807) is 102 Å². The molecule has 0 unspecified atom stereocenters. The Bertz CT molecular complexity index is 2340. The van der Waals surface area contributed by atoms with Gasteiger partial charge in [0.25, 0.3) is 0 Å². The minimum atomic E-state index is -2.24. The molecule has 1 aromatic heterocycles. The number of carbonyl (C=O) groups is 5. The summed E-state index contributed by atoms with van der Waals surface area (Å²) in [4.78, 5) is 73.6. The summed E-state index contributed by atoms with van der Waals surface area (Å²) in [7, 11) is 0. The van der Waals surface area contributed by atoms with E-state index in [1.165, 1.54) is 13.8 Å². The average molecular weight is 873 g/mol. The van der Waals surface area contributed by atoms with Gasteiger partial charge in [-0.15, -0.1) is 0 Å². The summed E-state index contributed by atoms with van der Waals surface area (Å²) in [5, 5.41) is 41.1. The highest BCUT2D eigenvalue weighted by Crippen LogP contribution is 2.64. The van der Waals surface area contributed by atoms with Crippen molar-refractivity contribution in [2.24, 2.45) is 16.7 Å². The Morgan fingerprint density at radius 2 is 1.67 bits per heavy atom. The van der Waals surface area contributed by atoms with Crippen molar-refractivity contribution in [3.63, 3.8) is 0 Å². The monoisotopic (exact) mass is 872 g/mol. The van der Waals surface area contributed by atoms with Crippen LogP contribution in [0, 0.1) is 16.7 Å². The van der Waals surface area contributed by atoms with Crippen molar-refractivity contribution in [2.45, 2.75) is 135 Å². The van der Waals surface area contributed by atoms with Gasteiger partial charge in [-0.1, -0.05) is 50.2 Å². The van der Waals surface area contributed by atoms with E-state index in [2.05, 4.69) is 10.3 Å². The number of ketones is 1. The summed E-state index contributed by atoms with van der Waals surface area (Å²) in [5.41, 5.74) is -7.14. The summed E-state index contributed by atoms with van der Waals surface area (Å²) in [6.45, 7) is 13.4. The molecule has 7 rings (SSSR count). The lowest BCUT2D eigenvalue weighted by Gasteiger charge is -2.67.